The van der Waals surface area contributed by atoms with E-state index in [1.807, 2.05) is 6.92 Å². The molecule has 26 heavy (non-hydrogen) atoms. The van der Waals surface area contributed by atoms with E-state index in [4.69, 9.17) is 9.66 Å². The van der Waals surface area contributed by atoms with Crippen molar-refractivity contribution in [2.24, 2.45) is 0 Å². The lowest BCUT2D eigenvalue weighted by Gasteiger charge is -2.13. The van der Waals surface area contributed by atoms with Crippen LogP contribution in [0, 0.1) is 6.92 Å². The highest BCUT2D eigenvalue weighted by Crippen LogP contribution is 2.08. The zero-order valence-electron chi connectivity index (χ0n) is 14.0. The lowest BCUT2D eigenvalue weighted by molar-refractivity contribution is 0.215. The van der Waals surface area contributed by atoms with E-state index in [9.17, 15) is 18.0 Å². The number of aromatic nitrogens is 1. The maximum Gasteiger partial charge on any atom is 0.317 e. The molecule has 10 heteroatoms. The number of hydrogen-bond donors (Lipinski definition) is 4. The quantitative estimate of drug-likeness (QED) is 0.581. The summed E-state index contributed by atoms with van der Waals surface area (Å²) in [5.74, 6) is -0.315. The Hall–Kier alpha value is -2.85. The molecule has 0 aliphatic carbocycles. The molecule has 0 atom stereocenters. The summed E-state index contributed by atoms with van der Waals surface area (Å²) in [6.07, 6.45) is 1.23. The van der Waals surface area contributed by atoms with Crippen LogP contribution in [0.25, 0.3) is 0 Å². The van der Waals surface area contributed by atoms with Gasteiger partial charge in [-0.1, -0.05) is 17.7 Å². The molecular weight excluding hydrogens is 362 g/mol. The van der Waals surface area contributed by atoms with Gasteiger partial charge in [0.25, 0.3) is 10.1 Å². The molecule has 4 N–H and O–H groups in total. The molecule has 2 amide bonds. The zero-order chi connectivity index (χ0) is 19.3. The Bertz CT molecular complexity index is 937. The van der Waals surface area contributed by atoms with Crippen molar-refractivity contribution in [3.05, 3.63) is 58.0 Å². The number of rotatable bonds is 3. The molecule has 1 saturated heterocycles. The summed E-state index contributed by atoms with van der Waals surface area (Å²) in [4.78, 5) is 26.6. The van der Waals surface area contributed by atoms with Gasteiger partial charge in [-0.3, -0.25) is 9.35 Å². The van der Waals surface area contributed by atoms with E-state index in [2.05, 4.69) is 10.3 Å². The number of H-pyrrole nitrogens is 1. The van der Waals surface area contributed by atoms with Gasteiger partial charge in [0.15, 0.2) is 5.75 Å². The molecule has 1 aromatic heterocycles. The molecule has 0 unspecified atom stereocenters. The van der Waals surface area contributed by atoms with E-state index in [1.165, 1.54) is 24.4 Å². The first-order chi connectivity index (χ1) is 12.2. The Morgan fingerprint density at radius 2 is 1.85 bits per heavy atom. The van der Waals surface area contributed by atoms with E-state index >= 15 is 0 Å². The maximum absolute atomic E-state index is 11.2. The number of aromatic amines is 1. The largest absolute Gasteiger partial charge is 0.503 e. The molecule has 1 aliphatic heterocycles. The van der Waals surface area contributed by atoms with Crippen molar-refractivity contribution in [3.8, 4) is 5.75 Å². The van der Waals surface area contributed by atoms with Gasteiger partial charge in [-0.05, 0) is 19.1 Å². The van der Waals surface area contributed by atoms with Crippen LogP contribution in [0.5, 0.6) is 5.75 Å². The molecular formula is C16H19N3O6S. The first kappa shape index (κ1) is 19.5. The first-order valence-electron chi connectivity index (χ1n) is 7.64. The third-order valence-electron chi connectivity index (χ3n) is 3.58. The molecule has 1 fully saturated rings. The number of pyridine rings is 1. The van der Waals surface area contributed by atoms with Crippen molar-refractivity contribution in [3.63, 3.8) is 0 Å². The molecule has 0 spiro atoms. The fourth-order valence-corrected chi connectivity index (χ4v) is 2.66. The third kappa shape index (κ3) is 5.33. The second kappa shape index (κ2) is 8.02. The first-order valence-corrected chi connectivity index (χ1v) is 9.08. The molecule has 0 bridgehead atoms. The summed E-state index contributed by atoms with van der Waals surface area (Å²) in [6, 6.07) is 7.14. The van der Waals surface area contributed by atoms with Crippen LogP contribution >= 0.6 is 0 Å². The third-order valence-corrected chi connectivity index (χ3v) is 4.45. The van der Waals surface area contributed by atoms with Crippen LogP contribution in [0.2, 0.25) is 0 Å². The number of aromatic hydroxyl groups is 1. The number of benzene rings is 1. The highest BCUT2D eigenvalue weighted by Gasteiger charge is 2.19. The average molecular weight is 381 g/mol. The summed E-state index contributed by atoms with van der Waals surface area (Å²) in [7, 11) is -4.02. The van der Waals surface area contributed by atoms with Crippen molar-refractivity contribution < 1.29 is 22.9 Å². The van der Waals surface area contributed by atoms with Gasteiger partial charge >= 0.3 is 6.03 Å². The minimum absolute atomic E-state index is 0.0666. The molecule has 0 saturated carbocycles. The predicted octanol–water partition coefficient (Wildman–Crippen LogP) is 0.847. The van der Waals surface area contributed by atoms with Crippen molar-refractivity contribution in [2.45, 2.75) is 18.4 Å². The van der Waals surface area contributed by atoms with Gasteiger partial charge < -0.3 is 20.3 Å². The van der Waals surface area contributed by atoms with Crippen LogP contribution < -0.4 is 10.7 Å². The van der Waals surface area contributed by atoms with Gasteiger partial charge in [-0.25, -0.2) is 4.79 Å². The fourth-order valence-electron chi connectivity index (χ4n) is 2.18. The van der Waals surface area contributed by atoms with Crippen molar-refractivity contribution in [2.75, 3.05) is 13.1 Å². The SMILES string of the molecule is Cc1ccc(S(=O)(=O)O)cc1.O=C1NCCN1Cc1cc(=O)c(O)c[nH]1. The van der Waals surface area contributed by atoms with Gasteiger partial charge in [0, 0.05) is 31.0 Å². The van der Waals surface area contributed by atoms with Crippen LogP contribution in [-0.4, -0.2) is 47.1 Å². The molecule has 2 aromatic rings. The van der Waals surface area contributed by atoms with E-state index in [-0.39, 0.29) is 16.7 Å². The summed E-state index contributed by atoms with van der Waals surface area (Å²) >= 11 is 0. The van der Waals surface area contributed by atoms with Crippen LogP contribution in [0.4, 0.5) is 4.79 Å². The molecule has 9 nitrogen and oxygen atoms in total. The number of nitrogens with zero attached hydrogens (tertiary/aromatic N) is 1. The Kier molecular flexibility index (Phi) is 6.01. The topological polar surface area (TPSA) is 140 Å². The fraction of sp³-hybridized carbons (Fsp3) is 0.250. The van der Waals surface area contributed by atoms with Gasteiger partial charge in [-0.15, -0.1) is 0 Å². The van der Waals surface area contributed by atoms with Crippen LogP contribution in [-0.2, 0) is 16.7 Å². The average Bonchev–Trinajstić information content (AvgIpc) is 2.96. The van der Waals surface area contributed by atoms with Gasteiger partial charge in [0.05, 0.1) is 11.4 Å². The summed E-state index contributed by atoms with van der Waals surface area (Å²) in [5, 5.41) is 11.7. The Labute approximate surface area is 150 Å². The lowest BCUT2D eigenvalue weighted by atomic mass is 10.2. The number of carbonyl (C=O) groups excluding carboxylic acids is 1. The van der Waals surface area contributed by atoms with Gasteiger partial charge in [-0.2, -0.15) is 8.42 Å². The summed E-state index contributed by atoms with van der Waals surface area (Å²) in [5.41, 5.74) is 1.12. The lowest BCUT2D eigenvalue weighted by Crippen LogP contribution is -2.28. The number of aryl methyl sites for hydroxylation is 1. The second-order valence-corrected chi connectivity index (χ2v) is 7.07. The monoisotopic (exact) mass is 381 g/mol. The van der Waals surface area contributed by atoms with Crippen LogP contribution in [0.15, 0.2) is 46.2 Å². The molecule has 0 radical (unpaired) electrons. The zero-order valence-corrected chi connectivity index (χ0v) is 14.8. The van der Waals surface area contributed by atoms with E-state index in [1.54, 1.807) is 17.0 Å². The minimum atomic E-state index is -4.02. The number of hydrogen-bond acceptors (Lipinski definition) is 5. The van der Waals surface area contributed by atoms with Crippen molar-refractivity contribution in [1.29, 1.82) is 0 Å². The van der Waals surface area contributed by atoms with Crippen molar-refractivity contribution >= 4 is 16.1 Å². The number of nitrogens with one attached hydrogen (secondary N) is 2. The van der Waals surface area contributed by atoms with Crippen molar-refractivity contribution in [1.82, 2.24) is 15.2 Å². The van der Waals surface area contributed by atoms with Gasteiger partial charge in [0.2, 0.25) is 5.43 Å². The standard InChI is InChI=1S/C9H11N3O3.C7H8O3S/c13-7-3-6(11-4-8(7)14)5-12-2-1-10-9(12)15;1-6-2-4-7(5-3-6)11(8,9)10/h3-4,14H,1-2,5H2,(H,10,15)(H,11,13);2-5H,1H3,(H,8,9,10). The number of carbonyl (C=O) groups is 1. The highest BCUT2D eigenvalue weighted by molar-refractivity contribution is 7.85. The molecule has 1 aliphatic rings. The predicted molar refractivity (Wildman–Crippen MR) is 93.5 cm³/mol. The van der Waals surface area contributed by atoms with E-state index < -0.39 is 15.5 Å². The normalized spacial score (nSPS) is 13.8. The summed E-state index contributed by atoms with van der Waals surface area (Å²) < 4.78 is 29.6. The second-order valence-electron chi connectivity index (χ2n) is 5.65. The molecule has 1 aromatic carbocycles. The maximum atomic E-state index is 11.2. The number of amides is 2. The number of urea groups is 1. The van der Waals surface area contributed by atoms with Crippen LogP contribution in [0.1, 0.15) is 11.3 Å². The molecule has 2 heterocycles. The highest BCUT2D eigenvalue weighted by atomic mass is 32.2. The summed E-state index contributed by atoms with van der Waals surface area (Å²) in [6.45, 7) is 3.44. The smallest absolute Gasteiger partial charge is 0.317 e. The Morgan fingerprint density at radius 1 is 1.19 bits per heavy atom. The van der Waals surface area contributed by atoms with Gasteiger partial charge in [0.1, 0.15) is 0 Å². The Morgan fingerprint density at radius 3 is 2.35 bits per heavy atom. The molecule has 3 rings (SSSR count). The van der Waals surface area contributed by atoms with E-state index in [0.29, 0.717) is 25.3 Å². The van der Waals surface area contributed by atoms with Crippen LogP contribution in [0.3, 0.4) is 0 Å². The molecule has 140 valence electrons. The Balaban J connectivity index is 0.000000197. The van der Waals surface area contributed by atoms with E-state index in [0.717, 1.165) is 5.56 Å². The minimum Gasteiger partial charge on any atom is -0.503 e.